The number of carbonyl (C=O) groups is 1. The predicted octanol–water partition coefficient (Wildman–Crippen LogP) is 7.30. The Hall–Kier alpha value is -0.530. The van der Waals surface area contributed by atoms with Crippen LogP contribution in [0.5, 0.6) is 0 Å². The van der Waals surface area contributed by atoms with E-state index in [0.717, 1.165) is 48.9 Å². The smallest absolute Gasteiger partial charge is 0.306 e. The number of hydrogen-bond acceptors (Lipinski definition) is 2. The van der Waals surface area contributed by atoms with Gasteiger partial charge in [0.05, 0.1) is 0 Å². The molecule has 27 heavy (non-hydrogen) atoms. The van der Waals surface area contributed by atoms with Crippen LogP contribution < -0.4 is 0 Å². The second-order valence-electron chi connectivity index (χ2n) is 9.98. The number of fused-ring (bicyclic) bond motifs is 3. The zero-order valence-electron chi connectivity index (χ0n) is 18.1. The number of ether oxygens (including phenoxy) is 1. The summed E-state index contributed by atoms with van der Waals surface area (Å²) in [5.74, 6) is 4.87. The van der Waals surface area contributed by atoms with Crippen LogP contribution >= 0.6 is 0 Å². The third-order valence-electron chi connectivity index (χ3n) is 8.08. The van der Waals surface area contributed by atoms with E-state index in [4.69, 9.17) is 4.74 Å². The molecule has 2 heteroatoms. The Morgan fingerprint density at radius 3 is 2.22 bits per heavy atom. The molecule has 0 aromatic rings. The third-order valence-corrected chi connectivity index (χ3v) is 8.08. The van der Waals surface area contributed by atoms with Crippen LogP contribution in [0.25, 0.3) is 0 Å². The second kappa shape index (κ2) is 10.9. The standard InChI is InChI=1S/C25H44O2/c1-3-5-6-7-8-10-25(26)27-22-14-16-24-21(18-22)13-12-20-17-19(9-4-2)11-15-23(20)24/h19-24H,3-18H2,1-2H3/t19-,20?,21?,22-,23?,24?/m1/s1. The number of unbranched alkanes of at least 4 members (excludes halogenated alkanes) is 4. The van der Waals surface area contributed by atoms with Crippen LogP contribution in [-0.4, -0.2) is 12.1 Å². The summed E-state index contributed by atoms with van der Waals surface area (Å²) in [6.45, 7) is 4.58. The summed E-state index contributed by atoms with van der Waals surface area (Å²) in [6.07, 6.45) is 20.6. The first-order valence-corrected chi connectivity index (χ1v) is 12.4. The number of hydrogen-bond donors (Lipinski definition) is 0. The zero-order chi connectivity index (χ0) is 19.1. The van der Waals surface area contributed by atoms with Crippen LogP contribution in [0, 0.1) is 29.6 Å². The Bertz CT molecular complexity index is 446. The molecule has 4 unspecified atom stereocenters. The van der Waals surface area contributed by atoms with Crippen LogP contribution in [0.15, 0.2) is 0 Å². The lowest BCUT2D eigenvalue weighted by atomic mass is 9.56. The van der Waals surface area contributed by atoms with E-state index in [-0.39, 0.29) is 12.1 Å². The maximum Gasteiger partial charge on any atom is 0.306 e. The van der Waals surface area contributed by atoms with Crippen LogP contribution in [-0.2, 0) is 9.53 Å². The minimum atomic E-state index is 0.0729. The normalized spacial score (nSPS) is 35.9. The fourth-order valence-electron chi connectivity index (χ4n) is 6.74. The molecule has 3 rings (SSSR count). The van der Waals surface area contributed by atoms with E-state index < -0.39 is 0 Å². The van der Waals surface area contributed by atoms with E-state index in [9.17, 15) is 4.79 Å². The van der Waals surface area contributed by atoms with Crippen LogP contribution in [0.4, 0.5) is 0 Å². The van der Waals surface area contributed by atoms with Crippen molar-refractivity contribution in [2.45, 2.75) is 123 Å². The van der Waals surface area contributed by atoms with Gasteiger partial charge in [-0.1, -0.05) is 58.8 Å². The first kappa shape index (κ1) is 21.2. The number of esters is 1. The average molecular weight is 377 g/mol. The van der Waals surface area contributed by atoms with E-state index in [2.05, 4.69) is 13.8 Å². The molecule has 156 valence electrons. The molecule has 3 aliphatic carbocycles. The van der Waals surface area contributed by atoms with Gasteiger partial charge >= 0.3 is 5.97 Å². The molecule has 0 heterocycles. The minimum Gasteiger partial charge on any atom is -0.462 e. The largest absolute Gasteiger partial charge is 0.462 e. The van der Waals surface area contributed by atoms with Crippen LogP contribution in [0.3, 0.4) is 0 Å². The molecule has 0 bridgehead atoms. The monoisotopic (exact) mass is 376 g/mol. The topological polar surface area (TPSA) is 26.3 Å². The lowest BCUT2D eigenvalue weighted by Gasteiger charge is -2.50. The van der Waals surface area contributed by atoms with Crippen molar-refractivity contribution >= 4 is 5.97 Å². The van der Waals surface area contributed by atoms with Crippen LogP contribution in [0.1, 0.15) is 117 Å². The first-order valence-electron chi connectivity index (χ1n) is 12.4. The van der Waals surface area contributed by atoms with Gasteiger partial charge in [-0.2, -0.15) is 0 Å². The Morgan fingerprint density at radius 2 is 1.48 bits per heavy atom. The summed E-state index contributed by atoms with van der Waals surface area (Å²) in [5, 5.41) is 0. The van der Waals surface area contributed by atoms with Crippen molar-refractivity contribution in [3.05, 3.63) is 0 Å². The third kappa shape index (κ3) is 5.97. The van der Waals surface area contributed by atoms with Gasteiger partial charge in [-0.25, -0.2) is 0 Å². The summed E-state index contributed by atoms with van der Waals surface area (Å²) in [4.78, 5) is 12.2. The Labute approximate surface area is 168 Å². The maximum absolute atomic E-state index is 12.2. The quantitative estimate of drug-likeness (QED) is 0.312. The highest BCUT2D eigenvalue weighted by molar-refractivity contribution is 5.69. The van der Waals surface area contributed by atoms with Gasteiger partial charge in [-0.15, -0.1) is 0 Å². The van der Waals surface area contributed by atoms with Gasteiger partial charge in [-0.05, 0) is 81.0 Å². The zero-order valence-corrected chi connectivity index (χ0v) is 18.1. The van der Waals surface area contributed by atoms with Gasteiger partial charge in [0.25, 0.3) is 0 Å². The van der Waals surface area contributed by atoms with Crippen molar-refractivity contribution in [3.8, 4) is 0 Å². The molecule has 0 spiro atoms. The van der Waals surface area contributed by atoms with E-state index in [1.807, 2.05) is 0 Å². The molecule has 0 aromatic heterocycles. The predicted molar refractivity (Wildman–Crippen MR) is 113 cm³/mol. The van der Waals surface area contributed by atoms with Crippen molar-refractivity contribution in [2.24, 2.45) is 29.6 Å². The highest BCUT2D eigenvalue weighted by atomic mass is 16.5. The molecule has 3 aliphatic rings. The molecule has 3 fully saturated rings. The highest BCUT2D eigenvalue weighted by Gasteiger charge is 2.44. The SMILES string of the molecule is CCCCCCCC(=O)O[C@@H]1CCC2C(CCC3C[C@H](CCC)CCC32)C1. The molecular weight excluding hydrogens is 332 g/mol. The van der Waals surface area contributed by atoms with Gasteiger partial charge in [0.1, 0.15) is 6.10 Å². The van der Waals surface area contributed by atoms with Crippen molar-refractivity contribution < 1.29 is 9.53 Å². The van der Waals surface area contributed by atoms with E-state index in [1.165, 1.54) is 77.0 Å². The van der Waals surface area contributed by atoms with Crippen molar-refractivity contribution in [1.29, 1.82) is 0 Å². The van der Waals surface area contributed by atoms with E-state index in [1.54, 1.807) is 0 Å². The minimum absolute atomic E-state index is 0.0729. The van der Waals surface area contributed by atoms with E-state index >= 15 is 0 Å². The fourth-order valence-corrected chi connectivity index (χ4v) is 6.74. The lowest BCUT2D eigenvalue weighted by Crippen LogP contribution is -2.43. The summed E-state index contributed by atoms with van der Waals surface area (Å²) in [5.41, 5.74) is 0. The summed E-state index contributed by atoms with van der Waals surface area (Å²) < 4.78 is 5.89. The van der Waals surface area contributed by atoms with E-state index in [0.29, 0.717) is 6.42 Å². The Morgan fingerprint density at radius 1 is 0.778 bits per heavy atom. The van der Waals surface area contributed by atoms with Gasteiger partial charge in [0.15, 0.2) is 0 Å². The van der Waals surface area contributed by atoms with Crippen molar-refractivity contribution in [3.63, 3.8) is 0 Å². The van der Waals surface area contributed by atoms with Crippen molar-refractivity contribution in [2.75, 3.05) is 0 Å². The van der Waals surface area contributed by atoms with Gasteiger partial charge in [-0.3, -0.25) is 4.79 Å². The Kier molecular flexibility index (Phi) is 8.52. The van der Waals surface area contributed by atoms with Crippen LogP contribution in [0.2, 0.25) is 0 Å². The maximum atomic E-state index is 12.2. The van der Waals surface area contributed by atoms with Crippen molar-refractivity contribution in [1.82, 2.24) is 0 Å². The Balaban J connectivity index is 1.39. The fraction of sp³-hybridized carbons (Fsp3) is 0.960. The van der Waals surface area contributed by atoms with Gasteiger partial charge in [0.2, 0.25) is 0 Å². The average Bonchev–Trinajstić information content (AvgIpc) is 2.67. The lowest BCUT2D eigenvalue weighted by molar-refractivity contribution is -0.153. The van der Waals surface area contributed by atoms with Gasteiger partial charge < -0.3 is 4.74 Å². The summed E-state index contributed by atoms with van der Waals surface area (Å²) in [6, 6.07) is 0. The molecule has 0 aliphatic heterocycles. The first-order chi connectivity index (χ1) is 13.2. The molecule has 0 aromatic carbocycles. The summed E-state index contributed by atoms with van der Waals surface area (Å²) >= 11 is 0. The number of rotatable bonds is 9. The van der Waals surface area contributed by atoms with Gasteiger partial charge in [0, 0.05) is 6.42 Å². The molecule has 0 N–H and O–H groups in total. The molecule has 0 amide bonds. The second-order valence-corrected chi connectivity index (χ2v) is 9.98. The molecule has 2 nitrogen and oxygen atoms in total. The molecule has 3 saturated carbocycles. The summed E-state index contributed by atoms with van der Waals surface area (Å²) in [7, 11) is 0. The highest BCUT2D eigenvalue weighted by Crippen LogP contribution is 2.53. The molecule has 0 saturated heterocycles. The molecular formula is C25H44O2. The molecule has 0 radical (unpaired) electrons. The number of carbonyl (C=O) groups excluding carboxylic acids is 1. The molecule has 6 atom stereocenters.